The minimum Gasteiger partial charge on any atom is -0.494 e. The van der Waals surface area contributed by atoms with Crippen molar-refractivity contribution in [3.63, 3.8) is 0 Å². The molecule has 0 radical (unpaired) electrons. The SMILES string of the molecule is COc1c(Br)cc(Cl)cc1S(=O)(=O)Nc1cccc(NC(=O)c2ccccc2)c1. The van der Waals surface area contributed by atoms with Gasteiger partial charge in [0.15, 0.2) is 5.75 Å². The molecule has 0 aliphatic rings. The van der Waals surface area contributed by atoms with Gasteiger partial charge in [0.1, 0.15) is 4.90 Å². The normalized spacial score (nSPS) is 11.0. The number of amides is 1. The molecule has 3 aromatic carbocycles. The average Bonchev–Trinajstić information content (AvgIpc) is 2.68. The average molecular weight is 496 g/mol. The lowest BCUT2D eigenvalue weighted by molar-refractivity contribution is 0.102. The zero-order valence-corrected chi connectivity index (χ0v) is 18.3. The fourth-order valence-corrected chi connectivity index (χ4v) is 5.03. The van der Waals surface area contributed by atoms with Crippen LogP contribution in [0, 0.1) is 0 Å². The molecule has 0 atom stereocenters. The van der Waals surface area contributed by atoms with Gasteiger partial charge in [0.05, 0.1) is 17.3 Å². The van der Waals surface area contributed by atoms with Crippen LogP contribution in [0.25, 0.3) is 0 Å². The number of carbonyl (C=O) groups excluding carboxylic acids is 1. The van der Waals surface area contributed by atoms with Gasteiger partial charge in [-0.05, 0) is 58.4 Å². The van der Waals surface area contributed by atoms with Crippen molar-refractivity contribution in [2.24, 2.45) is 0 Å². The zero-order valence-electron chi connectivity index (χ0n) is 15.1. The summed E-state index contributed by atoms with van der Waals surface area (Å²) in [6, 6.07) is 17.9. The maximum absolute atomic E-state index is 12.9. The number of nitrogens with one attached hydrogen (secondary N) is 2. The van der Waals surface area contributed by atoms with E-state index in [1.807, 2.05) is 6.07 Å². The number of anilines is 2. The van der Waals surface area contributed by atoms with Crippen molar-refractivity contribution in [1.82, 2.24) is 0 Å². The predicted molar refractivity (Wildman–Crippen MR) is 117 cm³/mol. The van der Waals surface area contributed by atoms with Crippen LogP contribution in [-0.4, -0.2) is 21.4 Å². The molecule has 0 spiro atoms. The number of ether oxygens (including phenoxy) is 1. The number of benzene rings is 3. The highest BCUT2D eigenvalue weighted by atomic mass is 79.9. The molecule has 6 nitrogen and oxygen atoms in total. The molecule has 1 amide bonds. The van der Waals surface area contributed by atoms with Crippen molar-refractivity contribution in [2.45, 2.75) is 4.90 Å². The van der Waals surface area contributed by atoms with Gasteiger partial charge >= 0.3 is 0 Å². The molecule has 2 N–H and O–H groups in total. The van der Waals surface area contributed by atoms with E-state index in [0.29, 0.717) is 15.7 Å². The maximum Gasteiger partial charge on any atom is 0.265 e. The van der Waals surface area contributed by atoms with Crippen LogP contribution in [0.5, 0.6) is 5.75 Å². The molecule has 3 rings (SSSR count). The Balaban J connectivity index is 1.86. The van der Waals surface area contributed by atoms with Crippen LogP contribution in [0.3, 0.4) is 0 Å². The summed E-state index contributed by atoms with van der Waals surface area (Å²) < 4.78 is 33.9. The second kappa shape index (κ2) is 8.86. The lowest BCUT2D eigenvalue weighted by atomic mass is 10.2. The van der Waals surface area contributed by atoms with E-state index in [-0.39, 0.29) is 27.3 Å². The zero-order chi connectivity index (χ0) is 21.0. The van der Waals surface area contributed by atoms with Crippen molar-refractivity contribution in [1.29, 1.82) is 0 Å². The second-order valence-corrected chi connectivity index (χ2v) is 8.87. The third-order valence-electron chi connectivity index (χ3n) is 3.88. The Bertz CT molecular complexity index is 1150. The molecule has 0 aliphatic heterocycles. The summed E-state index contributed by atoms with van der Waals surface area (Å²) >= 11 is 9.25. The number of halogens is 2. The summed E-state index contributed by atoms with van der Waals surface area (Å²) in [4.78, 5) is 12.2. The smallest absolute Gasteiger partial charge is 0.265 e. The first-order chi connectivity index (χ1) is 13.8. The molecule has 0 aromatic heterocycles. The molecule has 0 unspecified atom stereocenters. The summed E-state index contributed by atoms with van der Waals surface area (Å²) in [7, 11) is -2.63. The van der Waals surface area contributed by atoms with Gasteiger partial charge in [0.25, 0.3) is 15.9 Å². The second-order valence-electron chi connectivity index (χ2n) is 5.93. The van der Waals surface area contributed by atoms with Gasteiger partial charge in [-0.1, -0.05) is 35.9 Å². The third-order valence-corrected chi connectivity index (χ3v) is 6.07. The summed E-state index contributed by atoms with van der Waals surface area (Å²) in [6.07, 6.45) is 0. The Hall–Kier alpha value is -2.55. The van der Waals surface area contributed by atoms with E-state index in [4.69, 9.17) is 16.3 Å². The van der Waals surface area contributed by atoms with E-state index in [1.54, 1.807) is 48.5 Å². The first kappa shape index (κ1) is 21.2. The van der Waals surface area contributed by atoms with Crippen LogP contribution in [0.2, 0.25) is 5.02 Å². The van der Waals surface area contributed by atoms with Gasteiger partial charge in [-0.25, -0.2) is 8.42 Å². The Morgan fingerprint density at radius 1 is 1.00 bits per heavy atom. The van der Waals surface area contributed by atoms with Gasteiger partial charge in [-0.2, -0.15) is 0 Å². The van der Waals surface area contributed by atoms with E-state index >= 15 is 0 Å². The Kier molecular flexibility index (Phi) is 6.46. The molecule has 9 heteroatoms. The monoisotopic (exact) mass is 494 g/mol. The molecule has 0 saturated heterocycles. The van der Waals surface area contributed by atoms with Crippen molar-refractivity contribution in [3.8, 4) is 5.75 Å². The quantitative estimate of drug-likeness (QED) is 0.494. The number of hydrogen-bond acceptors (Lipinski definition) is 4. The standard InChI is InChI=1S/C20H16BrClN2O4S/c1-28-19-17(21)10-14(22)11-18(19)29(26,27)24-16-9-5-8-15(12-16)23-20(25)13-6-3-2-4-7-13/h2-12,24H,1H3,(H,23,25). The van der Waals surface area contributed by atoms with Gasteiger partial charge < -0.3 is 10.1 Å². The molecule has 0 bridgehead atoms. The van der Waals surface area contributed by atoms with Crippen molar-refractivity contribution < 1.29 is 17.9 Å². The van der Waals surface area contributed by atoms with E-state index in [0.717, 1.165) is 0 Å². The molecular weight excluding hydrogens is 480 g/mol. The number of hydrogen-bond donors (Lipinski definition) is 2. The highest BCUT2D eigenvalue weighted by molar-refractivity contribution is 9.10. The molecule has 29 heavy (non-hydrogen) atoms. The van der Waals surface area contributed by atoms with Crippen LogP contribution in [-0.2, 0) is 10.0 Å². The van der Waals surface area contributed by atoms with Crippen molar-refractivity contribution in [2.75, 3.05) is 17.1 Å². The Morgan fingerprint density at radius 3 is 2.38 bits per heavy atom. The molecule has 0 saturated carbocycles. The molecule has 0 fully saturated rings. The van der Waals surface area contributed by atoms with Crippen LogP contribution in [0.1, 0.15) is 10.4 Å². The van der Waals surface area contributed by atoms with Crippen LogP contribution >= 0.6 is 27.5 Å². The Morgan fingerprint density at radius 2 is 1.69 bits per heavy atom. The first-order valence-corrected chi connectivity index (χ1v) is 11.0. The lowest BCUT2D eigenvalue weighted by Crippen LogP contribution is -2.15. The predicted octanol–water partition coefficient (Wildman–Crippen LogP) is 5.16. The van der Waals surface area contributed by atoms with Crippen LogP contribution in [0.4, 0.5) is 11.4 Å². The topological polar surface area (TPSA) is 84.5 Å². The Labute approximate surface area is 182 Å². The minimum atomic E-state index is -4.00. The highest BCUT2D eigenvalue weighted by Gasteiger charge is 2.23. The number of carbonyl (C=O) groups is 1. The third kappa shape index (κ3) is 5.09. The molecular formula is C20H16BrClN2O4S. The largest absolute Gasteiger partial charge is 0.494 e. The van der Waals surface area contributed by atoms with Crippen LogP contribution in [0.15, 0.2) is 76.1 Å². The van der Waals surface area contributed by atoms with E-state index in [9.17, 15) is 13.2 Å². The highest BCUT2D eigenvalue weighted by Crippen LogP contribution is 2.36. The van der Waals surface area contributed by atoms with E-state index < -0.39 is 10.0 Å². The molecule has 3 aromatic rings. The number of sulfonamides is 1. The lowest BCUT2D eigenvalue weighted by Gasteiger charge is -2.14. The molecule has 0 aliphatic carbocycles. The fraction of sp³-hybridized carbons (Fsp3) is 0.0500. The molecule has 150 valence electrons. The summed E-state index contributed by atoms with van der Waals surface area (Å²) in [5, 5.41) is 2.98. The van der Waals surface area contributed by atoms with E-state index in [1.165, 1.54) is 19.2 Å². The minimum absolute atomic E-state index is 0.113. The van der Waals surface area contributed by atoms with Crippen molar-refractivity contribution >= 4 is 54.8 Å². The molecule has 0 heterocycles. The fourth-order valence-electron chi connectivity index (χ4n) is 2.60. The van der Waals surface area contributed by atoms with Crippen LogP contribution < -0.4 is 14.8 Å². The van der Waals surface area contributed by atoms with Gasteiger partial charge in [-0.3, -0.25) is 9.52 Å². The first-order valence-electron chi connectivity index (χ1n) is 8.32. The van der Waals surface area contributed by atoms with E-state index in [2.05, 4.69) is 26.0 Å². The van der Waals surface area contributed by atoms with Gasteiger partial charge in [0.2, 0.25) is 0 Å². The summed E-state index contributed by atoms with van der Waals surface area (Å²) in [6.45, 7) is 0. The maximum atomic E-state index is 12.9. The summed E-state index contributed by atoms with van der Waals surface area (Å²) in [5.74, 6) is -0.165. The number of rotatable bonds is 6. The van der Waals surface area contributed by atoms with Crippen molar-refractivity contribution in [3.05, 3.63) is 81.8 Å². The summed E-state index contributed by atoms with van der Waals surface area (Å²) in [5.41, 5.74) is 1.21. The van der Waals surface area contributed by atoms with Gasteiger partial charge in [0, 0.05) is 16.3 Å². The number of methoxy groups -OCH3 is 1. The van der Waals surface area contributed by atoms with Gasteiger partial charge in [-0.15, -0.1) is 0 Å².